The van der Waals surface area contributed by atoms with Crippen LogP contribution in [0.1, 0.15) is 51.2 Å². The van der Waals surface area contributed by atoms with Crippen LogP contribution in [0.3, 0.4) is 0 Å². The molecule has 3 aliphatic carbocycles. The van der Waals surface area contributed by atoms with Gasteiger partial charge in [0.2, 0.25) is 0 Å². The highest BCUT2D eigenvalue weighted by Crippen LogP contribution is 2.89. The molecule has 7 rings (SSSR count). The number of carbonyl (C=O) groups is 2. The number of pyridine rings is 1. The fourth-order valence-corrected chi connectivity index (χ4v) is 7.10. The molecule has 158 valence electrons. The molecule has 7 nitrogen and oxygen atoms in total. The average molecular weight is 422 g/mol. The van der Waals surface area contributed by atoms with Crippen LogP contribution in [0.15, 0.2) is 29.1 Å². The van der Waals surface area contributed by atoms with E-state index in [0.29, 0.717) is 36.1 Å². The Morgan fingerprint density at radius 1 is 1.16 bits per heavy atom. The molecule has 3 N–H and O–H groups in total. The molecular weight excluding hydrogens is 401 g/mol. The summed E-state index contributed by atoms with van der Waals surface area (Å²) in [6.45, 7) is 0.609. The third kappa shape index (κ3) is 1.87. The summed E-state index contributed by atoms with van der Waals surface area (Å²) < 4.78 is 14.8. The third-order valence-electron chi connectivity index (χ3n) is 8.62. The zero-order valence-corrected chi connectivity index (χ0v) is 16.7. The Labute approximate surface area is 176 Å². The molecule has 1 aromatic heterocycles. The molecule has 3 heterocycles. The Morgan fingerprint density at radius 2 is 1.94 bits per heavy atom. The molecule has 31 heavy (non-hydrogen) atoms. The molecule has 2 aliphatic heterocycles. The van der Waals surface area contributed by atoms with Crippen LogP contribution in [0.2, 0.25) is 0 Å². The van der Waals surface area contributed by atoms with Gasteiger partial charge in [0.25, 0.3) is 11.5 Å². The summed E-state index contributed by atoms with van der Waals surface area (Å²) in [4.78, 5) is 41.3. The van der Waals surface area contributed by atoms with Gasteiger partial charge in [-0.25, -0.2) is 13.8 Å². The van der Waals surface area contributed by atoms with E-state index in [0.717, 1.165) is 24.8 Å². The molecule has 3 saturated carbocycles. The van der Waals surface area contributed by atoms with Crippen molar-refractivity contribution in [1.29, 1.82) is 0 Å². The summed E-state index contributed by atoms with van der Waals surface area (Å²) in [5.41, 5.74) is 0.286. The number of benzene rings is 1. The number of primary amides is 1. The Bertz CT molecular complexity index is 1290. The Morgan fingerprint density at radius 3 is 2.61 bits per heavy atom. The number of carbonyl (C=O) groups excluding carboxylic acids is 2. The Hall–Kier alpha value is -3.00. The molecule has 2 spiro atoms. The van der Waals surface area contributed by atoms with Gasteiger partial charge < -0.3 is 10.0 Å². The van der Waals surface area contributed by atoms with E-state index < -0.39 is 22.9 Å². The second-order valence-corrected chi connectivity index (χ2v) is 9.72. The lowest BCUT2D eigenvalue weighted by Gasteiger charge is -2.31. The molecule has 4 atom stereocenters. The number of fused-ring (bicyclic) bond motifs is 5. The number of rotatable bonds is 2. The van der Waals surface area contributed by atoms with Gasteiger partial charge in [0, 0.05) is 25.1 Å². The van der Waals surface area contributed by atoms with Gasteiger partial charge in [-0.05, 0) is 48.8 Å². The molecule has 1 aromatic carbocycles. The summed E-state index contributed by atoms with van der Waals surface area (Å²) in [7, 11) is 0. The number of quaternary nitrogens is 1. The van der Waals surface area contributed by atoms with Gasteiger partial charge >= 0.3 is 5.91 Å². The lowest BCUT2D eigenvalue weighted by Crippen LogP contribution is -2.97. The van der Waals surface area contributed by atoms with Crippen molar-refractivity contribution in [3.05, 3.63) is 62.8 Å². The number of nitrogens with two attached hydrogens (primary N) is 1. The normalized spacial score (nSPS) is 33.9. The Balaban J connectivity index is 1.34. The predicted molar refractivity (Wildman–Crippen MR) is 105 cm³/mol. The van der Waals surface area contributed by atoms with E-state index in [1.54, 1.807) is 22.0 Å². The van der Waals surface area contributed by atoms with Crippen molar-refractivity contribution >= 4 is 11.8 Å². The summed E-state index contributed by atoms with van der Waals surface area (Å²) >= 11 is 0. The second kappa shape index (κ2) is 5.24. The summed E-state index contributed by atoms with van der Waals surface area (Å²) in [6, 6.07) is 5.88. The monoisotopic (exact) mass is 422 g/mol. The third-order valence-corrected chi connectivity index (χ3v) is 8.62. The highest BCUT2D eigenvalue weighted by atomic mass is 19.1. The van der Waals surface area contributed by atoms with Crippen molar-refractivity contribution in [3.8, 4) is 5.75 Å². The van der Waals surface area contributed by atoms with E-state index in [-0.39, 0.29) is 29.2 Å². The predicted octanol–water partition coefficient (Wildman–Crippen LogP) is 0.691. The van der Waals surface area contributed by atoms with Crippen LogP contribution in [0.4, 0.5) is 4.39 Å². The van der Waals surface area contributed by atoms with Crippen LogP contribution in [0.5, 0.6) is 5.75 Å². The minimum absolute atomic E-state index is 0.0196. The molecule has 2 aromatic rings. The number of hydrogen-bond donors (Lipinski definition) is 2. The van der Waals surface area contributed by atoms with E-state index in [1.807, 2.05) is 0 Å². The maximum atomic E-state index is 13.3. The molecule has 8 heteroatoms. The van der Waals surface area contributed by atoms with Gasteiger partial charge in [-0.3, -0.25) is 14.9 Å². The lowest BCUT2D eigenvalue weighted by molar-refractivity contribution is -0.666. The largest absolute Gasteiger partial charge is 0.502 e. The van der Waals surface area contributed by atoms with Gasteiger partial charge in [0.1, 0.15) is 5.82 Å². The zero-order valence-electron chi connectivity index (χ0n) is 16.7. The van der Waals surface area contributed by atoms with Crippen molar-refractivity contribution < 1.29 is 24.4 Å². The average Bonchev–Trinajstić information content (AvgIpc) is 3.57. The fourth-order valence-electron chi connectivity index (χ4n) is 7.10. The topological polar surface area (TPSA) is 96.2 Å². The van der Waals surface area contributed by atoms with Crippen molar-refractivity contribution in [3.63, 3.8) is 0 Å². The molecule has 0 bridgehead atoms. The fraction of sp³-hybridized carbons (Fsp3) is 0.435. The first-order valence-electron chi connectivity index (χ1n) is 10.8. The van der Waals surface area contributed by atoms with Gasteiger partial charge in [-0.2, -0.15) is 0 Å². The van der Waals surface area contributed by atoms with Crippen molar-refractivity contribution in [2.24, 2.45) is 17.3 Å². The Kier molecular flexibility index (Phi) is 2.99. The highest BCUT2D eigenvalue weighted by Gasteiger charge is 2.93. The highest BCUT2D eigenvalue weighted by molar-refractivity contribution is 6.02. The molecule has 3 fully saturated rings. The first-order chi connectivity index (χ1) is 14.9. The van der Waals surface area contributed by atoms with Crippen molar-refractivity contribution in [2.75, 3.05) is 6.54 Å². The molecule has 0 saturated heterocycles. The minimum atomic E-state index is -0.625. The van der Waals surface area contributed by atoms with Gasteiger partial charge in [0.05, 0.1) is 11.0 Å². The maximum Gasteiger partial charge on any atom is 0.361 e. The van der Waals surface area contributed by atoms with Gasteiger partial charge in [-0.15, -0.1) is 0 Å². The summed E-state index contributed by atoms with van der Waals surface area (Å²) in [5, 5.41) is 12.6. The number of aromatic hydroxyl groups is 1. The number of aromatic nitrogens is 1. The van der Waals surface area contributed by atoms with Gasteiger partial charge in [0.15, 0.2) is 17.1 Å². The number of hydrogen-bond acceptors (Lipinski definition) is 4. The standard InChI is InChI=1S/C23H20FN3O4/c24-12-3-1-11(2-4-12)10-26-8-6-13-16(20(26)30)18(28)21(31)27-17(13)19(29)25-23(27)7-5-14-15-9-22(14,15)23/h1-4,14-15,28H,5-10H2,(H,25,29)/p+1. The van der Waals surface area contributed by atoms with E-state index >= 15 is 0 Å². The van der Waals surface area contributed by atoms with Crippen LogP contribution in [0, 0.1) is 23.1 Å². The molecule has 0 radical (unpaired) electrons. The number of halogens is 1. The van der Waals surface area contributed by atoms with Gasteiger partial charge in [-0.1, -0.05) is 12.1 Å². The van der Waals surface area contributed by atoms with Crippen LogP contribution < -0.4 is 10.9 Å². The van der Waals surface area contributed by atoms with E-state index in [9.17, 15) is 23.9 Å². The second-order valence-electron chi connectivity index (χ2n) is 9.72. The smallest absolute Gasteiger partial charge is 0.361 e. The quantitative estimate of drug-likeness (QED) is 0.745. The van der Waals surface area contributed by atoms with Crippen LogP contribution in [-0.2, 0) is 18.6 Å². The van der Waals surface area contributed by atoms with E-state index in [2.05, 4.69) is 0 Å². The first-order valence-corrected chi connectivity index (χ1v) is 10.8. The molecule has 2 amide bonds. The first kappa shape index (κ1) is 17.7. The molecule has 5 aliphatic rings. The maximum absolute atomic E-state index is 13.3. The van der Waals surface area contributed by atoms with Crippen LogP contribution >= 0.6 is 0 Å². The van der Waals surface area contributed by atoms with Crippen LogP contribution in [0.25, 0.3) is 0 Å². The number of nitrogens with zero attached hydrogens (tertiary/aromatic N) is 2. The summed E-state index contributed by atoms with van der Waals surface area (Å²) in [6.07, 6.45) is 3.18. The zero-order chi connectivity index (χ0) is 21.3. The molecule has 4 unspecified atom stereocenters. The van der Waals surface area contributed by atoms with Crippen molar-refractivity contribution in [2.45, 2.75) is 37.9 Å². The van der Waals surface area contributed by atoms with E-state index in [1.165, 1.54) is 17.0 Å². The number of amides is 2. The summed E-state index contributed by atoms with van der Waals surface area (Å²) in [5.74, 6) is -0.385. The van der Waals surface area contributed by atoms with Crippen molar-refractivity contribution in [1.82, 2.24) is 9.47 Å². The SMILES string of the molecule is O=C1[NH2+]C2(CCC3C4CC342)n2c1c1c(c(O)c2=O)C(=O)N(Cc2ccc(F)cc2)CC1. The lowest BCUT2D eigenvalue weighted by atomic mass is 9.94. The van der Waals surface area contributed by atoms with Crippen LogP contribution in [-0.4, -0.2) is 32.9 Å². The molecular formula is C23H21FN3O4+. The van der Waals surface area contributed by atoms with E-state index in [4.69, 9.17) is 0 Å². The minimum Gasteiger partial charge on any atom is -0.502 e.